The van der Waals surface area contributed by atoms with Gasteiger partial charge in [-0.05, 0) is 50.6 Å². The molecule has 132 valence electrons. The fourth-order valence-corrected chi connectivity index (χ4v) is 2.34. The van der Waals surface area contributed by atoms with E-state index < -0.39 is 0 Å². The van der Waals surface area contributed by atoms with Crippen LogP contribution in [0, 0.1) is 13.8 Å². The van der Waals surface area contributed by atoms with Gasteiger partial charge in [-0.3, -0.25) is 9.48 Å². The molecule has 0 bridgehead atoms. The van der Waals surface area contributed by atoms with Gasteiger partial charge in [-0.15, -0.1) is 0 Å². The molecule has 1 N–H and O–H groups in total. The number of anilines is 1. The summed E-state index contributed by atoms with van der Waals surface area (Å²) in [5.74, 6) is -0.605. The Hall–Kier alpha value is -2.89. The monoisotopic (exact) mass is 341 g/mol. The minimum absolute atomic E-state index is 0.246. The van der Waals surface area contributed by atoms with Gasteiger partial charge in [0.2, 0.25) is 5.91 Å². The van der Waals surface area contributed by atoms with E-state index in [-0.39, 0.29) is 11.9 Å². The van der Waals surface area contributed by atoms with E-state index in [4.69, 9.17) is 4.74 Å². The lowest BCUT2D eigenvalue weighted by Gasteiger charge is -2.05. The molecule has 0 saturated carbocycles. The molecule has 1 aromatic carbocycles. The Morgan fingerprint density at radius 2 is 1.92 bits per heavy atom. The normalized spacial score (nSPS) is 10.9. The van der Waals surface area contributed by atoms with Crippen molar-refractivity contribution in [3.8, 4) is 0 Å². The molecule has 0 spiro atoms. The topological polar surface area (TPSA) is 73.2 Å². The number of hydrogen-bond donors (Lipinski definition) is 1. The van der Waals surface area contributed by atoms with Crippen molar-refractivity contribution in [2.24, 2.45) is 7.05 Å². The van der Waals surface area contributed by atoms with Crippen molar-refractivity contribution < 1.29 is 14.3 Å². The summed E-state index contributed by atoms with van der Waals surface area (Å²) in [6, 6.07) is 6.61. The molecule has 2 rings (SSSR count). The number of carbonyl (C=O) groups excluding carboxylic acids is 2. The number of ether oxygens (including phenoxy) is 1. The summed E-state index contributed by atoms with van der Waals surface area (Å²) in [4.78, 5) is 23.8. The Morgan fingerprint density at radius 1 is 1.24 bits per heavy atom. The first-order chi connectivity index (χ1) is 11.9. The second kappa shape index (κ2) is 8.28. The molecule has 1 heterocycles. The van der Waals surface area contributed by atoms with Crippen molar-refractivity contribution in [2.75, 3.05) is 11.9 Å². The maximum Gasteiger partial charge on any atom is 0.338 e. The van der Waals surface area contributed by atoms with Crippen LogP contribution in [0.5, 0.6) is 0 Å². The van der Waals surface area contributed by atoms with Crippen LogP contribution < -0.4 is 5.32 Å². The molecule has 1 aromatic heterocycles. The van der Waals surface area contributed by atoms with Crippen molar-refractivity contribution in [2.45, 2.75) is 27.2 Å². The highest BCUT2D eigenvalue weighted by Gasteiger charge is 2.08. The number of esters is 1. The van der Waals surface area contributed by atoms with Gasteiger partial charge >= 0.3 is 5.97 Å². The largest absolute Gasteiger partial charge is 0.462 e. The van der Waals surface area contributed by atoms with E-state index in [9.17, 15) is 9.59 Å². The van der Waals surface area contributed by atoms with Crippen LogP contribution in [0.4, 0.5) is 5.69 Å². The van der Waals surface area contributed by atoms with Crippen LogP contribution in [-0.2, 0) is 16.6 Å². The van der Waals surface area contributed by atoms with Crippen LogP contribution in [0.2, 0.25) is 0 Å². The molecule has 0 radical (unpaired) electrons. The maximum atomic E-state index is 12.1. The minimum Gasteiger partial charge on any atom is -0.462 e. The van der Waals surface area contributed by atoms with Crippen molar-refractivity contribution in [1.82, 2.24) is 9.78 Å². The lowest BCUT2D eigenvalue weighted by molar-refractivity contribution is -0.111. The number of nitrogens with one attached hydrogen (secondary N) is 1. The van der Waals surface area contributed by atoms with Crippen LogP contribution in [0.15, 0.2) is 30.3 Å². The summed E-state index contributed by atoms with van der Waals surface area (Å²) < 4.78 is 6.85. The van der Waals surface area contributed by atoms with Crippen LogP contribution in [0.1, 0.15) is 40.7 Å². The lowest BCUT2D eigenvalue weighted by atomic mass is 10.2. The standard InChI is InChI=1S/C19H23N3O3/c1-5-12-25-19(24)15-6-8-16(9-7-15)20-18(23)11-10-17-13(2)21-22(4)14(17)3/h6-11H,5,12H2,1-4H3,(H,20,23)/b11-10+. The third-order valence-corrected chi connectivity index (χ3v) is 3.79. The summed E-state index contributed by atoms with van der Waals surface area (Å²) in [5.41, 5.74) is 3.88. The molecule has 6 heteroatoms. The van der Waals surface area contributed by atoms with Gasteiger partial charge in [0, 0.05) is 30.1 Å². The highest BCUT2D eigenvalue weighted by Crippen LogP contribution is 2.14. The molecule has 0 saturated heterocycles. The predicted octanol–water partition coefficient (Wildman–Crippen LogP) is 3.26. The summed E-state index contributed by atoms with van der Waals surface area (Å²) in [6.45, 7) is 6.19. The Bertz CT molecular complexity index is 789. The Labute approximate surface area is 147 Å². The molecule has 0 unspecified atom stereocenters. The average molecular weight is 341 g/mol. The molecule has 6 nitrogen and oxygen atoms in total. The maximum absolute atomic E-state index is 12.1. The van der Waals surface area contributed by atoms with Gasteiger partial charge in [-0.2, -0.15) is 5.10 Å². The number of amides is 1. The van der Waals surface area contributed by atoms with Crippen LogP contribution in [0.3, 0.4) is 0 Å². The van der Waals surface area contributed by atoms with E-state index in [1.807, 2.05) is 27.8 Å². The smallest absolute Gasteiger partial charge is 0.338 e. The zero-order valence-corrected chi connectivity index (χ0v) is 15.0. The molecular weight excluding hydrogens is 318 g/mol. The van der Waals surface area contributed by atoms with Gasteiger partial charge in [0.1, 0.15) is 0 Å². The SMILES string of the molecule is CCCOC(=O)c1ccc(NC(=O)/C=C/c2c(C)nn(C)c2C)cc1. The zero-order chi connectivity index (χ0) is 18.4. The van der Waals surface area contributed by atoms with E-state index in [2.05, 4.69) is 10.4 Å². The molecule has 0 aliphatic carbocycles. The van der Waals surface area contributed by atoms with Crippen molar-refractivity contribution in [1.29, 1.82) is 0 Å². The quantitative estimate of drug-likeness (QED) is 0.646. The van der Waals surface area contributed by atoms with E-state index in [0.717, 1.165) is 23.4 Å². The Kier molecular flexibility index (Phi) is 6.11. The minimum atomic E-state index is -0.359. The van der Waals surface area contributed by atoms with Crippen LogP contribution >= 0.6 is 0 Å². The molecular formula is C19H23N3O3. The van der Waals surface area contributed by atoms with Crippen LogP contribution in [0.25, 0.3) is 6.08 Å². The molecule has 2 aromatic rings. The number of benzene rings is 1. The van der Waals surface area contributed by atoms with Crippen molar-refractivity contribution in [3.05, 3.63) is 52.9 Å². The number of rotatable bonds is 6. The summed E-state index contributed by atoms with van der Waals surface area (Å²) in [7, 11) is 1.87. The molecule has 0 aliphatic rings. The first-order valence-electron chi connectivity index (χ1n) is 8.18. The second-order valence-corrected chi connectivity index (χ2v) is 5.74. The van der Waals surface area contributed by atoms with Crippen molar-refractivity contribution in [3.63, 3.8) is 0 Å². The predicted molar refractivity (Wildman–Crippen MR) is 97.4 cm³/mol. The Balaban J connectivity index is 1.98. The van der Waals surface area contributed by atoms with E-state index in [1.165, 1.54) is 6.08 Å². The molecule has 0 atom stereocenters. The van der Waals surface area contributed by atoms with Gasteiger partial charge < -0.3 is 10.1 Å². The third kappa shape index (κ3) is 4.79. The molecule has 25 heavy (non-hydrogen) atoms. The summed E-state index contributed by atoms with van der Waals surface area (Å²) in [5, 5.41) is 7.07. The molecule has 1 amide bonds. The number of nitrogens with zero attached hydrogens (tertiary/aromatic N) is 2. The number of aryl methyl sites for hydroxylation is 2. The van der Waals surface area contributed by atoms with Gasteiger partial charge in [0.15, 0.2) is 0 Å². The summed E-state index contributed by atoms with van der Waals surface area (Å²) >= 11 is 0. The van der Waals surface area contributed by atoms with E-state index in [1.54, 1.807) is 35.0 Å². The molecule has 0 fully saturated rings. The van der Waals surface area contributed by atoms with Crippen molar-refractivity contribution >= 4 is 23.6 Å². The lowest BCUT2D eigenvalue weighted by Crippen LogP contribution is -2.09. The van der Waals surface area contributed by atoms with Gasteiger partial charge in [-0.1, -0.05) is 6.92 Å². The molecule has 0 aliphatic heterocycles. The summed E-state index contributed by atoms with van der Waals surface area (Å²) in [6.07, 6.45) is 4.01. The Morgan fingerprint density at radius 3 is 2.48 bits per heavy atom. The number of carbonyl (C=O) groups is 2. The first kappa shape index (κ1) is 18.4. The van der Waals surface area contributed by atoms with Gasteiger partial charge in [-0.25, -0.2) is 4.79 Å². The first-order valence-corrected chi connectivity index (χ1v) is 8.18. The number of hydrogen-bond acceptors (Lipinski definition) is 4. The number of aromatic nitrogens is 2. The third-order valence-electron chi connectivity index (χ3n) is 3.79. The second-order valence-electron chi connectivity index (χ2n) is 5.74. The highest BCUT2D eigenvalue weighted by atomic mass is 16.5. The fourth-order valence-electron chi connectivity index (χ4n) is 2.34. The highest BCUT2D eigenvalue weighted by molar-refractivity contribution is 6.02. The zero-order valence-electron chi connectivity index (χ0n) is 15.0. The van der Waals surface area contributed by atoms with Gasteiger partial charge in [0.05, 0.1) is 17.9 Å². The van der Waals surface area contributed by atoms with E-state index >= 15 is 0 Å². The van der Waals surface area contributed by atoms with Gasteiger partial charge in [0.25, 0.3) is 0 Å². The average Bonchev–Trinajstić information content (AvgIpc) is 2.83. The van der Waals surface area contributed by atoms with Crippen LogP contribution in [-0.4, -0.2) is 28.3 Å². The van der Waals surface area contributed by atoms with E-state index in [0.29, 0.717) is 17.9 Å². The fraction of sp³-hybridized carbons (Fsp3) is 0.316.